The topological polar surface area (TPSA) is 42.0 Å². The number of esters is 1. The van der Waals surface area contributed by atoms with Crippen LogP contribution in [0.2, 0.25) is 0 Å². The number of piperazine rings is 1. The van der Waals surface area contributed by atoms with Gasteiger partial charge in [0.2, 0.25) is 0 Å². The predicted octanol–water partition coefficient (Wildman–Crippen LogP) is 4.63. The molecule has 170 valence electrons. The summed E-state index contributed by atoms with van der Waals surface area (Å²) in [6, 6.07) is 10.8. The van der Waals surface area contributed by atoms with E-state index in [1.165, 1.54) is 31.5 Å². The van der Waals surface area contributed by atoms with Crippen LogP contribution in [0.3, 0.4) is 0 Å². The molecule has 0 aliphatic carbocycles. The number of halogens is 3. The molecule has 0 aromatic heterocycles. The Balaban J connectivity index is 1.32. The van der Waals surface area contributed by atoms with Crippen molar-refractivity contribution in [3.8, 4) is 5.75 Å². The number of carbonyl (C=O) groups is 1. The number of carbonyl (C=O) groups excluding carboxylic acids is 1. The van der Waals surface area contributed by atoms with Crippen LogP contribution in [0.25, 0.3) is 0 Å². The molecule has 3 heterocycles. The fourth-order valence-electron chi connectivity index (χ4n) is 5.13. The summed E-state index contributed by atoms with van der Waals surface area (Å²) < 4.78 is 47.0. The van der Waals surface area contributed by atoms with Crippen molar-refractivity contribution < 1.29 is 27.4 Å². The van der Waals surface area contributed by atoms with Gasteiger partial charge in [-0.3, -0.25) is 4.90 Å². The van der Waals surface area contributed by atoms with E-state index in [1.807, 2.05) is 18.2 Å². The maximum absolute atomic E-state index is 12.6. The van der Waals surface area contributed by atoms with Gasteiger partial charge >= 0.3 is 12.3 Å². The molecule has 0 bridgehead atoms. The highest BCUT2D eigenvalue weighted by molar-refractivity contribution is 5.95. The Morgan fingerprint density at radius 2 is 1.97 bits per heavy atom. The number of aryl methyl sites for hydroxylation is 1. The third-order valence-corrected chi connectivity index (χ3v) is 6.76. The van der Waals surface area contributed by atoms with Crippen molar-refractivity contribution in [2.45, 2.75) is 44.7 Å². The van der Waals surface area contributed by atoms with Gasteiger partial charge in [0, 0.05) is 43.3 Å². The number of anilines is 1. The number of benzene rings is 2. The molecule has 5 rings (SSSR count). The molecule has 2 saturated heterocycles. The Kier molecular flexibility index (Phi) is 5.28. The predicted molar refractivity (Wildman–Crippen MR) is 113 cm³/mol. The molecular weight excluding hydrogens is 421 g/mol. The fourth-order valence-corrected chi connectivity index (χ4v) is 5.13. The first-order valence-electron chi connectivity index (χ1n) is 11.0. The molecule has 32 heavy (non-hydrogen) atoms. The first kappa shape index (κ1) is 21.1. The summed E-state index contributed by atoms with van der Waals surface area (Å²) in [5, 5.41) is 0. The van der Waals surface area contributed by atoms with Crippen molar-refractivity contribution in [2.24, 2.45) is 0 Å². The zero-order valence-electron chi connectivity index (χ0n) is 17.8. The van der Waals surface area contributed by atoms with Gasteiger partial charge in [0.1, 0.15) is 11.9 Å². The highest BCUT2D eigenvalue weighted by Crippen LogP contribution is 2.37. The van der Waals surface area contributed by atoms with E-state index in [1.54, 1.807) is 13.0 Å². The lowest BCUT2D eigenvalue weighted by atomic mass is 9.96. The molecule has 2 fully saturated rings. The number of hydrogen-bond donors (Lipinski definition) is 0. The Labute approximate surface area is 184 Å². The zero-order valence-corrected chi connectivity index (χ0v) is 17.8. The number of nitrogens with zero attached hydrogens (tertiary/aromatic N) is 2. The van der Waals surface area contributed by atoms with Crippen LogP contribution in [0, 0.1) is 6.92 Å². The van der Waals surface area contributed by atoms with Crippen molar-refractivity contribution in [1.82, 2.24) is 4.90 Å². The first-order valence-corrected chi connectivity index (χ1v) is 11.0. The maximum Gasteiger partial charge on any atom is 0.573 e. The maximum atomic E-state index is 12.6. The molecule has 0 spiro atoms. The summed E-state index contributed by atoms with van der Waals surface area (Å²) >= 11 is 0. The van der Waals surface area contributed by atoms with Gasteiger partial charge in [-0.15, -0.1) is 13.2 Å². The minimum atomic E-state index is -4.73. The average molecular weight is 446 g/mol. The highest BCUT2D eigenvalue weighted by atomic mass is 19.4. The van der Waals surface area contributed by atoms with Gasteiger partial charge in [-0.25, -0.2) is 4.79 Å². The minimum Gasteiger partial charge on any atom is -0.454 e. The van der Waals surface area contributed by atoms with E-state index < -0.39 is 12.5 Å². The lowest BCUT2D eigenvalue weighted by Gasteiger charge is -2.39. The molecule has 0 amide bonds. The third-order valence-electron chi connectivity index (χ3n) is 6.76. The monoisotopic (exact) mass is 446 g/mol. The van der Waals surface area contributed by atoms with E-state index in [9.17, 15) is 18.0 Å². The van der Waals surface area contributed by atoms with Crippen LogP contribution in [-0.2, 0) is 11.2 Å². The van der Waals surface area contributed by atoms with E-state index >= 15 is 0 Å². The molecule has 3 aliphatic heterocycles. The third kappa shape index (κ3) is 4.16. The quantitative estimate of drug-likeness (QED) is 0.641. The number of hydrogen-bond acceptors (Lipinski definition) is 5. The minimum absolute atomic E-state index is 0.255. The van der Waals surface area contributed by atoms with Crippen LogP contribution in [0.5, 0.6) is 5.75 Å². The molecule has 2 unspecified atom stereocenters. The molecule has 8 heteroatoms. The molecule has 2 atom stereocenters. The summed E-state index contributed by atoms with van der Waals surface area (Å²) in [4.78, 5) is 17.5. The number of ether oxygens (including phenoxy) is 2. The second-order valence-corrected chi connectivity index (χ2v) is 8.78. The Morgan fingerprint density at radius 3 is 2.75 bits per heavy atom. The van der Waals surface area contributed by atoms with Crippen LogP contribution in [0.15, 0.2) is 36.4 Å². The van der Waals surface area contributed by atoms with E-state index in [2.05, 4.69) is 14.5 Å². The average Bonchev–Trinajstić information content (AvgIpc) is 3.32. The van der Waals surface area contributed by atoms with Gasteiger partial charge < -0.3 is 14.4 Å². The summed E-state index contributed by atoms with van der Waals surface area (Å²) in [6.07, 6.45) is -2.31. The van der Waals surface area contributed by atoms with E-state index in [-0.39, 0.29) is 11.7 Å². The van der Waals surface area contributed by atoms with Crippen LogP contribution in [0.1, 0.15) is 46.0 Å². The van der Waals surface area contributed by atoms with Crippen molar-refractivity contribution in [3.63, 3.8) is 0 Å². The van der Waals surface area contributed by atoms with Crippen molar-refractivity contribution in [3.05, 3.63) is 58.7 Å². The lowest BCUT2D eigenvalue weighted by molar-refractivity contribution is -0.274. The second-order valence-electron chi connectivity index (χ2n) is 8.78. The fraction of sp³-hybridized carbons (Fsp3) is 0.458. The molecule has 0 N–H and O–H groups in total. The SMILES string of the molecule is Cc1cc(OC(F)(F)F)ccc1CC1OC(=O)c2cc(N3CCN4CCCC4C3)ccc21. The van der Waals surface area contributed by atoms with Crippen molar-refractivity contribution >= 4 is 11.7 Å². The number of cyclic esters (lactones) is 1. The molecule has 5 nitrogen and oxygen atoms in total. The molecule has 2 aromatic carbocycles. The van der Waals surface area contributed by atoms with Crippen LogP contribution >= 0.6 is 0 Å². The molecule has 2 aromatic rings. The highest BCUT2D eigenvalue weighted by Gasteiger charge is 2.35. The van der Waals surface area contributed by atoms with Crippen molar-refractivity contribution in [2.75, 3.05) is 31.1 Å². The lowest BCUT2D eigenvalue weighted by Crippen LogP contribution is -2.50. The Hall–Kier alpha value is -2.74. The van der Waals surface area contributed by atoms with Crippen LogP contribution < -0.4 is 9.64 Å². The standard InChI is InChI=1S/C24H25F3N2O3/c1-15-11-19(32-24(25,26)27)6-4-16(15)12-22-20-7-5-17(13-21(20)23(30)31-22)29-10-9-28-8-2-3-18(28)14-29/h4-7,11,13,18,22H,2-3,8-10,12,14H2,1H3. The summed E-state index contributed by atoms with van der Waals surface area (Å²) in [5.74, 6) is -0.601. The molecular formula is C24H25F3N2O3. The van der Waals surface area contributed by atoms with Gasteiger partial charge in [0.15, 0.2) is 0 Å². The first-order chi connectivity index (χ1) is 15.3. The molecule has 3 aliphatic rings. The van der Waals surface area contributed by atoms with Gasteiger partial charge in [0.25, 0.3) is 0 Å². The Bertz CT molecular complexity index is 1040. The van der Waals surface area contributed by atoms with Crippen LogP contribution in [0.4, 0.5) is 18.9 Å². The normalized spacial score (nSPS) is 23.1. The molecule has 0 saturated carbocycles. The second kappa shape index (κ2) is 7.99. The van der Waals surface area contributed by atoms with E-state index in [0.717, 1.165) is 36.4 Å². The number of alkyl halides is 3. The largest absolute Gasteiger partial charge is 0.573 e. The Morgan fingerprint density at radius 1 is 1.12 bits per heavy atom. The van der Waals surface area contributed by atoms with E-state index in [4.69, 9.17) is 4.74 Å². The summed E-state index contributed by atoms with van der Waals surface area (Å²) in [5.41, 5.74) is 3.91. The van der Waals surface area contributed by atoms with Gasteiger partial charge in [-0.1, -0.05) is 12.1 Å². The van der Waals surface area contributed by atoms with Gasteiger partial charge in [-0.05, 0) is 61.7 Å². The van der Waals surface area contributed by atoms with Gasteiger partial charge in [0.05, 0.1) is 5.56 Å². The van der Waals surface area contributed by atoms with Crippen LogP contribution in [-0.4, -0.2) is 49.5 Å². The zero-order chi connectivity index (χ0) is 22.5. The summed E-state index contributed by atoms with van der Waals surface area (Å²) in [6.45, 7) is 5.87. The van der Waals surface area contributed by atoms with Gasteiger partial charge in [-0.2, -0.15) is 0 Å². The number of rotatable bonds is 4. The number of fused-ring (bicyclic) bond motifs is 2. The molecule has 0 radical (unpaired) electrons. The van der Waals surface area contributed by atoms with E-state index in [0.29, 0.717) is 23.6 Å². The van der Waals surface area contributed by atoms with Crippen molar-refractivity contribution in [1.29, 1.82) is 0 Å². The smallest absolute Gasteiger partial charge is 0.454 e. The summed E-state index contributed by atoms with van der Waals surface area (Å²) in [7, 11) is 0.